The molecule has 0 unspecified atom stereocenters. The van der Waals surface area contributed by atoms with E-state index in [-0.39, 0.29) is 5.75 Å². The third-order valence-corrected chi connectivity index (χ3v) is 7.28. The number of hydrazone groups is 1. The second-order valence-electron chi connectivity index (χ2n) is 10.2. The molecule has 5 rings (SSSR count). The molecule has 4 aromatic carbocycles. The van der Waals surface area contributed by atoms with Gasteiger partial charge in [0.05, 0.1) is 31.6 Å². The second kappa shape index (κ2) is 14.7. The Hall–Kier alpha value is -5.28. The number of nitrogens with zero attached hydrogens (tertiary/aromatic N) is 1. The molecular formula is C36H34ClN3O6. The molecule has 46 heavy (non-hydrogen) atoms. The summed E-state index contributed by atoms with van der Waals surface area (Å²) in [5.74, 6) is 0.566. The monoisotopic (exact) mass is 639 g/mol. The molecule has 1 amide bonds. The van der Waals surface area contributed by atoms with Crippen LogP contribution in [0.25, 0.3) is 22.0 Å². The number of hydrogen-bond acceptors (Lipinski definition) is 7. The van der Waals surface area contributed by atoms with Gasteiger partial charge in [-0.2, -0.15) is 5.10 Å². The molecule has 236 valence electrons. The zero-order valence-corrected chi connectivity index (χ0v) is 26.7. The number of carbonyl (C=O) groups is 2. The van der Waals surface area contributed by atoms with E-state index in [1.165, 1.54) is 6.21 Å². The minimum absolute atomic E-state index is 0.234. The number of rotatable bonds is 12. The van der Waals surface area contributed by atoms with E-state index in [9.17, 15) is 9.59 Å². The van der Waals surface area contributed by atoms with Crippen LogP contribution in [0.2, 0.25) is 5.02 Å². The molecular weight excluding hydrogens is 606 g/mol. The smallest absolute Gasteiger partial charge is 0.343 e. The van der Waals surface area contributed by atoms with Gasteiger partial charge in [-0.05, 0) is 87.9 Å². The van der Waals surface area contributed by atoms with Crippen LogP contribution in [0.3, 0.4) is 0 Å². The molecule has 0 saturated carbocycles. The van der Waals surface area contributed by atoms with E-state index in [0.29, 0.717) is 64.5 Å². The predicted octanol–water partition coefficient (Wildman–Crippen LogP) is 7.98. The van der Waals surface area contributed by atoms with Crippen molar-refractivity contribution in [2.75, 3.05) is 19.8 Å². The third-order valence-electron chi connectivity index (χ3n) is 6.95. The van der Waals surface area contributed by atoms with Crippen molar-refractivity contribution < 1.29 is 28.5 Å². The van der Waals surface area contributed by atoms with Crippen LogP contribution in [0.5, 0.6) is 23.0 Å². The molecule has 0 aliphatic rings. The van der Waals surface area contributed by atoms with Crippen molar-refractivity contribution in [3.8, 4) is 34.1 Å². The van der Waals surface area contributed by atoms with Crippen molar-refractivity contribution in [1.82, 2.24) is 10.4 Å². The van der Waals surface area contributed by atoms with Gasteiger partial charge in [0.2, 0.25) is 0 Å². The number of ether oxygens (including phenoxy) is 4. The molecule has 2 N–H and O–H groups in total. The first-order chi connectivity index (χ1) is 22.3. The minimum atomic E-state index is -0.582. The first-order valence-electron chi connectivity index (χ1n) is 14.9. The van der Waals surface area contributed by atoms with Crippen LogP contribution < -0.4 is 24.4 Å². The van der Waals surface area contributed by atoms with E-state index < -0.39 is 11.9 Å². The van der Waals surface area contributed by atoms with Gasteiger partial charge < -0.3 is 23.9 Å². The maximum absolute atomic E-state index is 13.4. The summed E-state index contributed by atoms with van der Waals surface area (Å²) in [6.45, 7) is 8.77. The molecule has 0 bridgehead atoms. The minimum Gasteiger partial charge on any atom is -0.490 e. The number of esters is 1. The summed E-state index contributed by atoms with van der Waals surface area (Å²) in [7, 11) is 0. The number of hydrogen-bond donors (Lipinski definition) is 2. The molecule has 0 spiro atoms. The van der Waals surface area contributed by atoms with Gasteiger partial charge in [-0.1, -0.05) is 41.4 Å². The van der Waals surface area contributed by atoms with Crippen molar-refractivity contribution in [1.29, 1.82) is 0 Å². The Labute approximate surface area is 272 Å². The largest absolute Gasteiger partial charge is 0.490 e. The third kappa shape index (κ3) is 7.16. The lowest BCUT2D eigenvalue weighted by Gasteiger charge is -2.13. The van der Waals surface area contributed by atoms with Crippen LogP contribution in [0.4, 0.5) is 0 Å². The average Bonchev–Trinajstić information content (AvgIpc) is 3.42. The number of fused-ring (bicyclic) bond motifs is 1. The van der Waals surface area contributed by atoms with E-state index in [0.717, 1.165) is 22.0 Å². The van der Waals surface area contributed by atoms with Crippen molar-refractivity contribution in [2.24, 2.45) is 5.10 Å². The Morgan fingerprint density at radius 3 is 2.26 bits per heavy atom. The van der Waals surface area contributed by atoms with Gasteiger partial charge in [0.15, 0.2) is 23.0 Å². The maximum Gasteiger partial charge on any atom is 0.343 e. The Kier molecular flexibility index (Phi) is 10.2. The highest BCUT2D eigenvalue weighted by atomic mass is 35.5. The molecule has 0 aliphatic carbocycles. The summed E-state index contributed by atoms with van der Waals surface area (Å²) in [4.78, 5) is 29.7. The lowest BCUT2D eigenvalue weighted by molar-refractivity contribution is 0.0727. The van der Waals surface area contributed by atoms with Gasteiger partial charge in [0.25, 0.3) is 5.91 Å². The van der Waals surface area contributed by atoms with Gasteiger partial charge in [-0.25, -0.2) is 10.2 Å². The Morgan fingerprint density at radius 2 is 1.52 bits per heavy atom. The number of nitrogens with one attached hydrogen (secondary N) is 2. The van der Waals surface area contributed by atoms with Crippen LogP contribution in [-0.2, 0) is 0 Å². The molecule has 5 aromatic rings. The number of H-pyrrole nitrogens is 1. The SMILES string of the molecule is CCOc1ccc(C(=O)Oc2ccc(C=NNC(=O)c3[nH]c4ccc(C)cc4c3-c3ccccc3Cl)cc2OCC)cc1OCC. The Balaban J connectivity index is 1.35. The summed E-state index contributed by atoms with van der Waals surface area (Å²) >= 11 is 6.54. The summed E-state index contributed by atoms with van der Waals surface area (Å²) in [6.07, 6.45) is 1.48. The fourth-order valence-electron chi connectivity index (χ4n) is 4.94. The highest BCUT2D eigenvalue weighted by Gasteiger charge is 2.21. The summed E-state index contributed by atoms with van der Waals surface area (Å²) < 4.78 is 22.7. The maximum atomic E-state index is 13.4. The number of carbonyl (C=O) groups excluding carboxylic acids is 2. The van der Waals surface area contributed by atoms with E-state index in [4.69, 9.17) is 30.5 Å². The number of benzene rings is 4. The first kappa shape index (κ1) is 32.1. The highest BCUT2D eigenvalue weighted by Crippen LogP contribution is 2.37. The number of aromatic amines is 1. The van der Waals surface area contributed by atoms with Crippen LogP contribution >= 0.6 is 11.6 Å². The topological polar surface area (TPSA) is 111 Å². The molecule has 0 fully saturated rings. The lowest BCUT2D eigenvalue weighted by atomic mass is 10.0. The molecule has 0 saturated heterocycles. The number of aryl methyl sites for hydroxylation is 1. The Bertz CT molecular complexity index is 1920. The normalized spacial score (nSPS) is 11.1. The molecule has 0 atom stereocenters. The van der Waals surface area contributed by atoms with Crippen LogP contribution in [-0.4, -0.2) is 42.9 Å². The quantitative estimate of drug-likeness (QED) is 0.0620. The molecule has 0 radical (unpaired) electrons. The van der Waals surface area contributed by atoms with Gasteiger partial charge in [-0.3, -0.25) is 4.79 Å². The lowest BCUT2D eigenvalue weighted by Crippen LogP contribution is -2.19. The number of halogens is 1. The number of amides is 1. The number of aromatic nitrogens is 1. The van der Waals surface area contributed by atoms with E-state index in [2.05, 4.69) is 15.5 Å². The molecule has 1 heterocycles. The van der Waals surface area contributed by atoms with Gasteiger partial charge in [0, 0.05) is 27.1 Å². The summed E-state index contributed by atoms with van der Waals surface area (Å²) in [5, 5.41) is 5.60. The van der Waals surface area contributed by atoms with Crippen LogP contribution in [0.15, 0.2) is 84.0 Å². The zero-order chi connectivity index (χ0) is 32.6. The fourth-order valence-corrected chi connectivity index (χ4v) is 5.17. The highest BCUT2D eigenvalue weighted by molar-refractivity contribution is 6.34. The average molecular weight is 640 g/mol. The zero-order valence-electron chi connectivity index (χ0n) is 26.0. The van der Waals surface area contributed by atoms with Gasteiger partial charge >= 0.3 is 5.97 Å². The van der Waals surface area contributed by atoms with Crippen LogP contribution in [0.1, 0.15) is 52.7 Å². The van der Waals surface area contributed by atoms with Crippen molar-refractivity contribution in [2.45, 2.75) is 27.7 Å². The van der Waals surface area contributed by atoms with Gasteiger partial charge in [0.1, 0.15) is 5.69 Å². The molecule has 1 aromatic heterocycles. The van der Waals surface area contributed by atoms with E-state index >= 15 is 0 Å². The van der Waals surface area contributed by atoms with Crippen molar-refractivity contribution >= 4 is 40.6 Å². The van der Waals surface area contributed by atoms with Crippen LogP contribution in [0, 0.1) is 6.92 Å². The van der Waals surface area contributed by atoms with E-state index in [1.54, 1.807) is 42.5 Å². The molecule has 0 aliphatic heterocycles. The molecule has 9 nitrogen and oxygen atoms in total. The summed E-state index contributed by atoms with van der Waals surface area (Å²) in [6, 6.07) is 23.2. The fraction of sp³-hybridized carbons (Fsp3) is 0.194. The second-order valence-corrected chi connectivity index (χ2v) is 10.6. The van der Waals surface area contributed by atoms with Crippen molar-refractivity contribution in [3.05, 3.63) is 106 Å². The van der Waals surface area contributed by atoms with Gasteiger partial charge in [-0.15, -0.1) is 0 Å². The standard InChI is InChI=1S/C36H34ClN3O6/c1-5-43-29-17-14-24(20-32(29)45-7-3)36(42)46-30-16-13-23(19-31(30)44-6-2)21-38-40-35(41)34-33(25-10-8-9-11-27(25)37)26-18-22(4)12-15-28(26)39-34/h8-21,39H,5-7H2,1-4H3,(H,40,41). The molecule has 10 heteroatoms. The van der Waals surface area contributed by atoms with E-state index in [1.807, 2.05) is 64.1 Å². The summed E-state index contributed by atoms with van der Waals surface area (Å²) in [5.41, 5.74) is 7.15. The van der Waals surface area contributed by atoms with Crippen molar-refractivity contribution in [3.63, 3.8) is 0 Å². The Morgan fingerprint density at radius 1 is 0.826 bits per heavy atom. The predicted molar refractivity (Wildman–Crippen MR) is 180 cm³/mol. The first-order valence-corrected chi connectivity index (χ1v) is 15.3.